The molecule has 0 bridgehead atoms. The third-order valence-electron chi connectivity index (χ3n) is 5.46. The lowest BCUT2D eigenvalue weighted by Crippen LogP contribution is -2.41. The van der Waals surface area contributed by atoms with Gasteiger partial charge in [0.15, 0.2) is 17.6 Å². The van der Waals surface area contributed by atoms with Gasteiger partial charge in [0.05, 0.1) is 6.61 Å². The Bertz CT molecular complexity index is 857. The van der Waals surface area contributed by atoms with E-state index in [1.165, 1.54) is 11.3 Å². The Morgan fingerprint density at radius 2 is 2.00 bits per heavy atom. The van der Waals surface area contributed by atoms with Gasteiger partial charge in [0.1, 0.15) is 11.6 Å². The van der Waals surface area contributed by atoms with E-state index in [0.717, 1.165) is 19.3 Å². The van der Waals surface area contributed by atoms with Crippen molar-refractivity contribution in [1.29, 1.82) is 5.26 Å². The monoisotopic (exact) mass is 427 g/mol. The van der Waals surface area contributed by atoms with Gasteiger partial charge in [0, 0.05) is 20.1 Å². The maximum absolute atomic E-state index is 12.7. The molecule has 1 aliphatic rings. The summed E-state index contributed by atoms with van der Waals surface area (Å²) in [5, 5.41) is 12.5. The van der Waals surface area contributed by atoms with E-state index in [0.29, 0.717) is 29.6 Å². The molecule has 0 aromatic heterocycles. The molecule has 3 atom stereocenters. The highest BCUT2D eigenvalue weighted by molar-refractivity contribution is 6.01. The fraction of sp³-hybridized carbons (Fsp3) is 0.542. The Morgan fingerprint density at radius 3 is 2.61 bits per heavy atom. The predicted octanol–water partition coefficient (Wildman–Crippen LogP) is 3.54. The van der Waals surface area contributed by atoms with Gasteiger partial charge in [-0.05, 0) is 56.4 Å². The number of carbonyl (C=O) groups is 2. The van der Waals surface area contributed by atoms with Gasteiger partial charge in [0.25, 0.3) is 11.8 Å². The van der Waals surface area contributed by atoms with Crippen molar-refractivity contribution >= 4 is 17.9 Å². The first-order valence-electron chi connectivity index (χ1n) is 10.8. The van der Waals surface area contributed by atoms with E-state index in [1.807, 2.05) is 13.0 Å². The number of nitrogens with one attached hydrogen (secondary N) is 1. The fourth-order valence-corrected chi connectivity index (χ4v) is 3.68. The maximum Gasteiger partial charge on any atom is 0.262 e. The van der Waals surface area contributed by atoms with E-state index >= 15 is 0 Å². The second kappa shape index (κ2) is 11.4. The van der Waals surface area contributed by atoms with Gasteiger partial charge in [-0.15, -0.1) is 0 Å². The molecular weight excluding hydrogens is 394 g/mol. The second-order valence-electron chi connectivity index (χ2n) is 8.14. The average molecular weight is 428 g/mol. The van der Waals surface area contributed by atoms with Gasteiger partial charge < -0.3 is 19.7 Å². The number of nitrogens with zero attached hydrogens (tertiary/aromatic N) is 2. The zero-order chi connectivity index (χ0) is 23.0. The molecule has 0 aliphatic heterocycles. The Morgan fingerprint density at radius 1 is 1.29 bits per heavy atom. The summed E-state index contributed by atoms with van der Waals surface area (Å²) in [6.45, 7) is 6.07. The molecule has 31 heavy (non-hydrogen) atoms. The lowest BCUT2D eigenvalue weighted by atomic mass is 9.86. The van der Waals surface area contributed by atoms with Crippen LogP contribution in [-0.4, -0.2) is 49.6 Å². The van der Waals surface area contributed by atoms with Crippen LogP contribution in [0.25, 0.3) is 6.08 Å². The highest BCUT2D eigenvalue weighted by Crippen LogP contribution is 2.30. The summed E-state index contributed by atoms with van der Waals surface area (Å²) >= 11 is 0. The van der Waals surface area contributed by atoms with Crippen LogP contribution in [0.1, 0.15) is 52.0 Å². The van der Waals surface area contributed by atoms with Crippen molar-refractivity contribution in [3.63, 3.8) is 0 Å². The molecule has 7 nitrogen and oxygen atoms in total. The van der Waals surface area contributed by atoms with E-state index in [4.69, 9.17) is 9.47 Å². The number of amides is 2. The summed E-state index contributed by atoms with van der Waals surface area (Å²) in [4.78, 5) is 26.2. The molecule has 2 amide bonds. The van der Waals surface area contributed by atoms with Gasteiger partial charge in [-0.25, -0.2) is 0 Å². The average Bonchev–Trinajstić information content (AvgIpc) is 2.74. The SMILES string of the molecule is CCOc1cc(/C=C(\C#N)C(=O)N[C@@H]2CCCC[C@@H]2C)ccc1O[C@H](C)C(=O)N(C)C. The van der Waals surface area contributed by atoms with Gasteiger partial charge in [-0.1, -0.05) is 25.8 Å². The van der Waals surface area contributed by atoms with Gasteiger partial charge in [-0.3, -0.25) is 9.59 Å². The van der Waals surface area contributed by atoms with E-state index in [2.05, 4.69) is 12.2 Å². The Kier molecular flexibility index (Phi) is 8.92. The summed E-state index contributed by atoms with van der Waals surface area (Å²) in [7, 11) is 3.34. The van der Waals surface area contributed by atoms with E-state index in [-0.39, 0.29) is 23.4 Å². The van der Waals surface area contributed by atoms with E-state index in [9.17, 15) is 14.9 Å². The quantitative estimate of drug-likeness (QED) is 0.506. The maximum atomic E-state index is 12.7. The molecule has 0 saturated heterocycles. The molecule has 1 aliphatic carbocycles. The van der Waals surface area contributed by atoms with E-state index < -0.39 is 6.10 Å². The van der Waals surface area contributed by atoms with Crippen molar-refractivity contribution in [2.45, 2.75) is 58.6 Å². The van der Waals surface area contributed by atoms with Crippen LogP contribution >= 0.6 is 0 Å². The number of hydrogen-bond acceptors (Lipinski definition) is 5. The molecule has 168 valence electrons. The van der Waals surface area contributed by atoms with Crippen molar-refractivity contribution in [2.75, 3.05) is 20.7 Å². The lowest BCUT2D eigenvalue weighted by molar-refractivity contribution is -0.135. The molecule has 0 unspecified atom stereocenters. The molecule has 0 heterocycles. The largest absolute Gasteiger partial charge is 0.490 e. The van der Waals surface area contributed by atoms with Gasteiger partial charge in [-0.2, -0.15) is 5.26 Å². The third-order valence-corrected chi connectivity index (χ3v) is 5.46. The van der Waals surface area contributed by atoms with E-state index in [1.54, 1.807) is 45.3 Å². The van der Waals surface area contributed by atoms with Crippen LogP contribution in [-0.2, 0) is 9.59 Å². The van der Waals surface area contributed by atoms with Crippen molar-refractivity contribution in [2.24, 2.45) is 5.92 Å². The van der Waals surface area contributed by atoms with Gasteiger partial charge in [0.2, 0.25) is 0 Å². The molecule has 1 saturated carbocycles. The van der Waals surface area contributed by atoms with Crippen LogP contribution in [0.15, 0.2) is 23.8 Å². The first-order valence-corrected chi connectivity index (χ1v) is 10.8. The standard InChI is InChI=1S/C24H33N3O4/c1-6-30-22-14-18(11-12-21(22)31-17(3)24(29)27(4)5)13-19(15-25)23(28)26-20-10-8-7-9-16(20)2/h11-14,16-17,20H,6-10H2,1-5H3,(H,26,28)/b19-13+/t16-,17+,20+/m0/s1. The summed E-state index contributed by atoms with van der Waals surface area (Å²) in [6.07, 6.45) is 5.18. The van der Waals surface area contributed by atoms with Gasteiger partial charge >= 0.3 is 0 Å². The number of benzene rings is 1. The highest BCUT2D eigenvalue weighted by atomic mass is 16.5. The van der Waals surface area contributed by atoms with Crippen molar-refractivity contribution in [1.82, 2.24) is 10.2 Å². The molecular formula is C24H33N3O4. The van der Waals surface area contributed by atoms with Crippen LogP contribution in [0.5, 0.6) is 11.5 Å². The van der Waals surface area contributed by atoms with Crippen LogP contribution in [0.3, 0.4) is 0 Å². The molecule has 1 N–H and O–H groups in total. The smallest absolute Gasteiger partial charge is 0.262 e. The van der Waals surface area contributed by atoms with Crippen molar-refractivity contribution in [3.8, 4) is 17.6 Å². The molecule has 1 aromatic carbocycles. The molecule has 1 fully saturated rings. The van der Waals surface area contributed by atoms with Crippen LogP contribution in [0.4, 0.5) is 0 Å². The minimum absolute atomic E-state index is 0.0463. The fourth-order valence-electron chi connectivity index (χ4n) is 3.68. The zero-order valence-corrected chi connectivity index (χ0v) is 19.1. The van der Waals surface area contributed by atoms with Crippen LogP contribution in [0.2, 0.25) is 0 Å². The number of rotatable bonds is 8. The zero-order valence-electron chi connectivity index (χ0n) is 19.1. The molecule has 1 aromatic rings. The summed E-state index contributed by atoms with van der Waals surface area (Å²) < 4.78 is 11.5. The minimum atomic E-state index is -0.673. The third kappa shape index (κ3) is 6.74. The number of nitriles is 1. The number of ether oxygens (including phenoxy) is 2. The number of carbonyl (C=O) groups excluding carboxylic acids is 2. The van der Waals surface area contributed by atoms with Crippen molar-refractivity contribution < 1.29 is 19.1 Å². The second-order valence-corrected chi connectivity index (χ2v) is 8.14. The Hall–Kier alpha value is -3.01. The summed E-state index contributed by atoms with van der Waals surface area (Å²) in [5.41, 5.74) is 0.691. The number of hydrogen-bond donors (Lipinski definition) is 1. The van der Waals surface area contributed by atoms with Crippen LogP contribution < -0.4 is 14.8 Å². The highest BCUT2D eigenvalue weighted by Gasteiger charge is 2.24. The Balaban J connectivity index is 2.20. The first kappa shape index (κ1) is 24.3. The van der Waals surface area contributed by atoms with Crippen molar-refractivity contribution in [3.05, 3.63) is 29.3 Å². The minimum Gasteiger partial charge on any atom is -0.490 e. The summed E-state index contributed by atoms with van der Waals surface area (Å²) in [5.74, 6) is 0.774. The molecule has 2 rings (SSSR count). The summed E-state index contributed by atoms with van der Waals surface area (Å²) in [6, 6.07) is 7.24. The number of likely N-dealkylation sites (N-methyl/N-ethyl adjacent to an activating group) is 1. The molecule has 0 spiro atoms. The van der Waals surface area contributed by atoms with Crippen LogP contribution in [0, 0.1) is 17.2 Å². The Labute approximate surface area is 185 Å². The topological polar surface area (TPSA) is 91.7 Å². The normalized spacial score (nSPS) is 19.7. The molecule has 7 heteroatoms. The lowest BCUT2D eigenvalue weighted by Gasteiger charge is -2.29. The molecule has 0 radical (unpaired) electrons. The first-order chi connectivity index (χ1) is 14.8. The predicted molar refractivity (Wildman–Crippen MR) is 120 cm³/mol.